The maximum atomic E-state index is 7.45. The van der Waals surface area contributed by atoms with Crippen molar-refractivity contribution in [3.8, 4) is 0 Å². The number of nitrogens with one attached hydrogen (secondary N) is 1. The van der Waals surface area contributed by atoms with Crippen molar-refractivity contribution in [3.05, 3.63) is 99.6 Å². The van der Waals surface area contributed by atoms with Crippen LogP contribution in [0.2, 0.25) is 0 Å². The molecule has 0 bridgehead atoms. The first-order valence-corrected chi connectivity index (χ1v) is 12.6. The molecule has 0 spiro atoms. The van der Waals surface area contributed by atoms with Gasteiger partial charge in [0.1, 0.15) is 6.04 Å². The molecule has 3 aromatic rings. The van der Waals surface area contributed by atoms with Crippen LogP contribution in [0, 0.1) is 27.7 Å². The molecule has 0 aromatic heterocycles. The van der Waals surface area contributed by atoms with Crippen LogP contribution in [-0.4, -0.2) is 19.6 Å². The Morgan fingerprint density at radius 3 is 1.94 bits per heavy atom. The Hall–Kier alpha value is -2.36. The van der Waals surface area contributed by atoms with Crippen LogP contribution in [-0.2, 0) is 10.3 Å². The Morgan fingerprint density at radius 1 is 0.848 bits per heavy atom. The van der Waals surface area contributed by atoms with E-state index >= 15 is 0 Å². The van der Waals surface area contributed by atoms with E-state index in [0.717, 1.165) is 0 Å². The van der Waals surface area contributed by atoms with Crippen molar-refractivity contribution in [2.75, 3.05) is 6.54 Å². The molecular weight excluding hydrogens is 401 g/mol. The van der Waals surface area contributed by atoms with E-state index < -0.39 is 5.60 Å². The molecule has 0 aliphatic carbocycles. The average Bonchev–Trinajstić information content (AvgIpc) is 3.34. The molecule has 2 saturated heterocycles. The average molecular weight is 438 g/mol. The van der Waals surface area contributed by atoms with Gasteiger partial charge < -0.3 is 9.47 Å². The highest BCUT2D eigenvalue weighted by Crippen LogP contribution is 2.43. The van der Waals surface area contributed by atoms with Gasteiger partial charge in [-0.2, -0.15) is 0 Å². The van der Waals surface area contributed by atoms with Gasteiger partial charge >= 0.3 is 7.05 Å². The van der Waals surface area contributed by atoms with Crippen LogP contribution in [0.25, 0.3) is 0 Å². The zero-order valence-electron chi connectivity index (χ0n) is 21.0. The lowest BCUT2D eigenvalue weighted by Gasteiger charge is -2.34. The number of fused-ring (bicyclic) bond motifs is 1. The summed E-state index contributed by atoms with van der Waals surface area (Å²) < 4.78 is 7.45. The van der Waals surface area contributed by atoms with E-state index in [1.165, 1.54) is 63.8 Å². The maximum absolute atomic E-state index is 7.45. The topological polar surface area (TPSA) is 13.7 Å². The molecule has 170 valence electrons. The fourth-order valence-corrected chi connectivity index (χ4v) is 6.61. The summed E-state index contributed by atoms with van der Waals surface area (Å²) >= 11 is 0. The molecule has 2 fully saturated rings. The zero-order chi connectivity index (χ0) is 23.3. The lowest BCUT2D eigenvalue weighted by atomic mass is 9.68. The molecule has 2 unspecified atom stereocenters. The third-order valence-corrected chi connectivity index (χ3v) is 7.74. The highest BCUT2D eigenvalue weighted by atomic mass is 16.5. The van der Waals surface area contributed by atoms with Gasteiger partial charge in [-0.3, -0.25) is 0 Å². The van der Waals surface area contributed by atoms with Gasteiger partial charge in [0.25, 0.3) is 0 Å². The standard InChI is InChI=1S/C30H36BNO/c1-20(2)27-10-7-8-11-28(27)31-32-13-9-12-29(32)30(33-31,25-16-21(3)14-22(4)17-25)26-18-23(5)15-24(6)19-26/h7-8,10-11,14-20,29H,9,12-13H2,1-6H3/p+1. The van der Waals surface area contributed by atoms with E-state index in [1.54, 1.807) is 4.81 Å². The molecule has 2 aliphatic rings. The first kappa shape index (κ1) is 22.4. The van der Waals surface area contributed by atoms with Crippen molar-refractivity contribution in [1.82, 2.24) is 0 Å². The number of quaternary nitrogens is 1. The second-order valence-electron chi connectivity index (χ2n) is 10.8. The van der Waals surface area contributed by atoms with Crippen LogP contribution in [0.1, 0.15) is 71.6 Å². The normalized spacial score (nSPS) is 21.6. The number of aryl methyl sites for hydroxylation is 4. The highest BCUT2D eigenvalue weighted by molar-refractivity contribution is 6.60. The van der Waals surface area contributed by atoms with Crippen molar-refractivity contribution in [3.63, 3.8) is 0 Å². The lowest BCUT2D eigenvalue weighted by molar-refractivity contribution is -0.799. The van der Waals surface area contributed by atoms with Crippen LogP contribution in [0.15, 0.2) is 60.7 Å². The van der Waals surface area contributed by atoms with Crippen molar-refractivity contribution in [2.45, 2.75) is 71.9 Å². The summed E-state index contributed by atoms with van der Waals surface area (Å²) in [5.74, 6) is 0.475. The summed E-state index contributed by atoms with van der Waals surface area (Å²) in [5.41, 5.74) is 10.2. The van der Waals surface area contributed by atoms with Crippen LogP contribution in [0.5, 0.6) is 0 Å². The summed E-state index contributed by atoms with van der Waals surface area (Å²) in [6, 6.07) is 23.4. The molecule has 3 heteroatoms. The Morgan fingerprint density at radius 2 is 1.39 bits per heavy atom. The fourth-order valence-electron chi connectivity index (χ4n) is 6.61. The van der Waals surface area contributed by atoms with E-state index in [9.17, 15) is 0 Å². The molecule has 2 atom stereocenters. The van der Waals surface area contributed by atoms with Gasteiger partial charge in [-0.15, -0.1) is 0 Å². The Labute approximate surface area is 200 Å². The lowest BCUT2D eigenvalue weighted by Crippen LogP contribution is -3.19. The van der Waals surface area contributed by atoms with Crippen LogP contribution >= 0.6 is 0 Å². The smallest absolute Gasteiger partial charge is 0.368 e. The SMILES string of the molecule is Cc1cc(C)cc(C2(c3cc(C)cc(C)c3)OB(c3ccccc3C(C)C)[NH+]3CCCC32)c1. The number of benzene rings is 3. The predicted octanol–water partition coefficient (Wildman–Crippen LogP) is 4.76. The minimum Gasteiger partial charge on any atom is -0.368 e. The van der Waals surface area contributed by atoms with E-state index in [0.29, 0.717) is 12.0 Å². The third-order valence-electron chi connectivity index (χ3n) is 7.74. The monoisotopic (exact) mass is 438 g/mol. The number of rotatable bonds is 4. The minimum absolute atomic E-state index is 0.0535. The molecule has 1 N–H and O–H groups in total. The van der Waals surface area contributed by atoms with Gasteiger partial charge in [-0.25, -0.2) is 0 Å². The summed E-state index contributed by atoms with van der Waals surface area (Å²) in [4.78, 5) is 1.60. The Balaban J connectivity index is 1.76. The molecule has 0 radical (unpaired) electrons. The Bertz CT molecular complexity index is 1090. The molecule has 33 heavy (non-hydrogen) atoms. The van der Waals surface area contributed by atoms with Gasteiger partial charge in [-0.1, -0.05) is 96.8 Å². The second kappa shape index (κ2) is 8.45. The van der Waals surface area contributed by atoms with E-state index in [-0.39, 0.29) is 7.05 Å². The van der Waals surface area contributed by atoms with Gasteiger partial charge in [-0.05, 0) is 50.3 Å². The van der Waals surface area contributed by atoms with Crippen molar-refractivity contribution in [2.24, 2.45) is 0 Å². The van der Waals surface area contributed by atoms with Crippen LogP contribution in [0.3, 0.4) is 0 Å². The first-order chi connectivity index (χ1) is 15.8. The predicted molar refractivity (Wildman–Crippen MR) is 138 cm³/mol. The maximum Gasteiger partial charge on any atom is 0.611 e. The fraction of sp³-hybridized carbons (Fsp3) is 0.400. The van der Waals surface area contributed by atoms with Crippen molar-refractivity contribution in [1.29, 1.82) is 0 Å². The minimum atomic E-state index is -0.436. The summed E-state index contributed by atoms with van der Waals surface area (Å²) in [6.45, 7) is 14.6. The Kier molecular flexibility index (Phi) is 5.75. The summed E-state index contributed by atoms with van der Waals surface area (Å²) in [5, 5.41) is 0. The van der Waals surface area contributed by atoms with Crippen molar-refractivity contribution >= 4 is 12.5 Å². The first-order valence-electron chi connectivity index (χ1n) is 12.6. The molecule has 5 rings (SSSR count). The quantitative estimate of drug-likeness (QED) is 0.580. The molecule has 2 aliphatic heterocycles. The summed E-state index contributed by atoms with van der Waals surface area (Å²) in [7, 11) is 0.0535. The van der Waals surface area contributed by atoms with Crippen LogP contribution < -0.4 is 10.3 Å². The zero-order valence-corrected chi connectivity index (χ0v) is 21.0. The van der Waals surface area contributed by atoms with Crippen molar-refractivity contribution < 1.29 is 9.47 Å². The molecule has 3 aromatic carbocycles. The molecule has 2 heterocycles. The highest BCUT2D eigenvalue weighted by Gasteiger charge is 2.64. The molecule has 2 nitrogen and oxygen atoms in total. The molecule has 0 saturated carbocycles. The van der Waals surface area contributed by atoms with Gasteiger partial charge in [0.05, 0.1) is 6.54 Å². The van der Waals surface area contributed by atoms with Gasteiger partial charge in [0.2, 0.25) is 0 Å². The molecular formula is C30H37BNO+. The molecule has 0 amide bonds. The number of hydrogen-bond donors (Lipinski definition) is 1. The summed E-state index contributed by atoms with van der Waals surface area (Å²) in [6.07, 6.45) is 2.44. The number of hydrogen-bond acceptors (Lipinski definition) is 1. The van der Waals surface area contributed by atoms with E-state index in [2.05, 4.69) is 102 Å². The van der Waals surface area contributed by atoms with Gasteiger partial charge in [0.15, 0.2) is 5.60 Å². The van der Waals surface area contributed by atoms with E-state index in [4.69, 9.17) is 4.65 Å². The van der Waals surface area contributed by atoms with Gasteiger partial charge in [0, 0.05) is 18.3 Å². The third kappa shape index (κ3) is 3.76. The largest absolute Gasteiger partial charge is 0.611 e. The van der Waals surface area contributed by atoms with Crippen LogP contribution in [0.4, 0.5) is 0 Å². The second-order valence-corrected chi connectivity index (χ2v) is 10.8. The van der Waals surface area contributed by atoms with E-state index in [1.807, 2.05) is 0 Å².